The smallest absolute Gasteiger partial charge is 0.348 e. The van der Waals surface area contributed by atoms with Gasteiger partial charge in [0.15, 0.2) is 11.0 Å². The first-order valence-corrected chi connectivity index (χ1v) is 13.0. The van der Waals surface area contributed by atoms with E-state index < -0.39 is 11.9 Å². The number of carbonyl (C=O) groups excluding carboxylic acids is 3. The summed E-state index contributed by atoms with van der Waals surface area (Å²) < 4.78 is 12.2. The minimum atomic E-state index is -0.603. The molecule has 0 aliphatic rings. The minimum absolute atomic E-state index is 0.0415. The van der Waals surface area contributed by atoms with Gasteiger partial charge in [-0.25, -0.2) is 9.59 Å². The first-order chi connectivity index (χ1) is 16.8. The van der Waals surface area contributed by atoms with Crippen molar-refractivity contribution >= 4 is 45.9 Å². The lowest BCUT2D eigenvalue weighted by molar-refractivity contribution is -0.113. The number of benzene rings is 1. The molecule has 1 aromatic carbocycles. The Bertz CT molecular complexity index is 1230. The second kappa shape index (κ2) is 12.0. The van der Waals surface area contributed by atoms with Crippen LogP contribution in [0.5, 0.6) is 0 Å². The van der Waals surface area contributed by atoms with E-state index in [4.69, 9.17) is 9.47 Å². The monoisotopic (exact) mass is 516 g/mol. The zero-order chi connectivity index (χ0) is 25.5. The number of thioether (sulfide) groups is 1. The summed E-state index contributed by atoms with van der Waals surface area (Å²) in [6.45, 7) is 10.0. The highest BCUT2D eigenvalue weighted by atomic mass is 32.2. The van der Waals surface area contributed by atoms with E-state index in [0.29, 0.717) is 17.3 Å². The molecule has 1 amide bonds. The number of rotatable bonds is 10. The highest BCUT2D eigenvalue weighted by Crippen LogP contribution is 2.35. The van der Waals surface area contributed by atoms with E-state index >= 15 is 0 Å². The van der Waals surface area contributed by atoms with Gasteiger partial charge in [0.05, 0.1) is 24.5 Å². The van der Waals surface area contributed by atoms with Gasteiger partial charge in [0.1, 0.15) is 9.88 Å². The lowest BCUT2D eigenvalue weighted by Gasteiger charge is -2.09. The summed E-state index contributed by atoms with van der Waals surface area (Å²) in [5, 5.41) is 12.2. The van der Waals surface area contributed by atoms with E-state index in [0.717, 1.165) is 28.3 Å². The lowest BCUT2D eigenvalue weighted by Crippen LogP contribution is -2.17. The number of aromatic nitrogens is 3. The maximum atomic E-state index is 12.8. The van der Waals surface area contributed by atoms with Gasteiger partial charge in [0.25, 0.3) is 0 Å². The number of amides is 1. The molecule has 0 aliphatic carbocycles. The van der Waals surface area contributed by atoms with Crippen LogP contribution in [0.3, 0.4) is 0 Å². The van der Waals surface area contributed by atoms with Crippen LogP contribution >= 0.6 is 23.1 Å². The Hall–Kier alpha value is -3.18. The minimum Gasteiger partial charge on any atom is -0.462 e. The highest BCUT2D eigenvalue weighted by molar-refractivity contribution is 7.99. The molecule has 186 valence electrons. The number of hydrogen-bond donors (Lipinski definition) is 1. The molecule has 2 aromatic heterocycles. The van der Waals surface area contributed by atoms with Gasteiger partial charge in [-0.05, 0) is 45.7 Å². The van der Waals surface area contributed by atoms with Crippen molar-refractivity contribution in [2.45, 2.75) is 46.3 Å². The normalized spacial score (nSPS) is 10.8. The van der Waals surface area contributed by atoms with Crippen LogP contribution in [0.2, 0.25) is 0 Å². The number of ether oxygens (including phenoxy) is 2. The van der Waals surface area contributed by atoms with E-state index in [1.165, 1.54) is 11.8 Å². The molecular weight excluding hydrogens is 488 g/mol. The summed E-state index contributed by atoms with van der Waals surface area (Å²) in [6, 6.07) is 7.92. The van der Waals surface area contributed by atoms with Crippen LogP contribution in [0.4, 0.5) is 5.00 Å². The average molecular weight is 517 g/mol. The fraction of sp³-hybridized carbons (Fsp3) is 0.375. The van der Waals surface area contributed by atoms with E-state index in [1.54, 1.807) is 20.8 Å². The Kier molecular flexibility index (Phi) is 9.05. The predicted molar refractivity (Wildman–Crippen MR) is 136 cm³/mol. The molecule has 1 N–H and O–H groups in total. The van der Waals surface area contributed by atoms with Crippen LogP contribution in [0, 0.1) is 13.8 Å². The van der Waals surface area contributed by atoms with E-state index in [9.17, 15) is 14.4 Å². The molecular formula is C24H28N4O5S2. The van der Waals surface area contributed by atoms with Crippen molar-refractivity contribution < 1.29 is 23.9 Å². The molecule has 9 nitrogen and oxygen atoms in total. The number of carbonyl (C=O) groups is 3. The molecule has 0 aliphatic heterocycles. The standard InChI is InChI=1S/C24H28N4O5S2/c1-6-28-20(16-12-10-9-11-14(16)4)26-27-24(28)34-13-17(29)25-21-18(22(30)32-7-2)15(5)19(35-21)23(31)33-8-3/h9-12H,6-8,13H2,1-5H3,(H,25,29). The van der Waals surface area contributed by atoms with Crippen molar-refractivity contribution in [3.63, 3.8) is 0 Å². The second-order valence-corrected chi connectivity index (χ2v) is 9.37. The van der Waals surface area contributed by atoms with Crippen molar-refractivity contribution in [2.24, 2.45) is 0 Å². The molecule has 35 heavy (non-hydrogen) atoms. The van der Waals surface area contributed by atoms with Crippen LogP contribution in [-0.2, 0) is 20.8 Å². The third kappa shape index (κ3) is 5.91. The number of nitrogens with one attached hydrogen (secondary N) is 1. The van der Waals surface area contributed by atoms with Gasteiger partial charge in [-0.3, -0.25) is 4.79 Å². The van der Waals surface area contributed by atoms with E-state index in [-0.39, 0.29) is 40.3 Å². The van der Waals surface area contributed by atoms with Crippen LogP contribution in [0.1, 0.15) is 51.9 Å². The summed E-state index contributed by atoms with van der Waals surface area (Å²) in [4.78, 5) is 37.9. The number of esters is 2. The number of nitrogens with zero attached hydrogens (tertiary/aromatic N) is 3. The first kappa shape index (κ1) is 26.4. The maximum Gasteiger partial charge on any atom is 0.348 e. The number of anilines is 1. The predicted octanol–water partition coefficient (Wildman–Crippen LogP) is 4.73. The Morgan fingerprint density at radius 3 is 2.37 bits per heavy atom. The summed E-state index contributed by atoms with van der Waals surface area (Å²) in [5.74, 6) is -0.713. The zero-order valence-electron chi connectivity index (χ0n) is 20.3. The van der Waals surface area contributed by atoms with Crippen LogP contribution in [-0.4, -0.2) is 51.6 Å². The van der Waals surface area contributed by atoms with Gasteiger partial charge in [0, 0.05) is 12.1 Å². The highest BCUT2D eigenvalue weighted by Gasteiger charge is 2.27. The van der Waals surface area contributed by atoms with Gasteiger partial charge in [-0.2, -0.15) is 0 Å². The Morgan fingerprint density at radius 1 is 1.03 bits per heavy atom. The summed E-state index contributed by atoms with van der Waals surface area (Å²) in [7, 11) is 0. The van der Waals surface area contributed by atoms with E-state index in [1.807, 2.05) is 42.7 Å². The molecule has 2 heterocycles. The Balaban J connectivity index is 1.79. The van der Waals surface area contributed by atoms with Crippen molar-refractivity contribution in [2.75, 3.05) is 24.3 Å². The summed E-state index contributed by atoms with van der Waals surface area (Å²) >= 11 is 2.24. The number of aryl methyl sites for hydroxylation is 1. The van der Waals surface area contributed by atoms with E-state index in [2.05, 4.69) is 15.5 Å². The average Bonchev–Trinajstić information content (AvgIpc) is 3.38. The van der Waals surface area contributed by atoms with Crippen LogP contribution in [0.15, 0.2) is 29.4 Å². The molecule has 0 bridgehead atoms. The zero-order valence-corrected chi connectivity index (χ0v) is 22.0. The topological polar surface area (TPSA) is 112 Å². The van der Waals surface area contributed by atoms with Gasteiger partial charge < -0.3 is 19.4 Å². The molecule has 3 rings (SSSR count). The molecule has 0 unspecified atom stereocenters. The quantitative estimate of drug-likeness (QED) is 0.304. The van der Waals surface area contributed by atoms with Gasteiger partial charge in [-0.15, -0.1) is 21.5 Å². The summed E-state index contributed by atoms with van der Waals surface area (Å²) in [5.41, 5.74) is 2.65. The third-order valence-corrected chi connectivity index (χ3v) is 7.25. The Labute approximate surface area is 212 Å². The molecule has 11 heteroatoms. The van der Waals surface area contributed by atoms with Crippen molar-refractivity contribution in [3.8, 4) is 11.4 Å². The fourth-order valence-corrected chi connectivity index (χ4v) is 5.35. The molecule has 0 saturated carbocycles. The van der Waals surface area contributed by atoms with Gasteiger partial charge in [-0.1, -0.05) is 36.0 Å². The van der Waals surface area contributed by atoms with Crippen molar-refractivity contribution in [3.05, 3.63) is 45.8 Å². The lowest BCUT2D eigenvalue weighted by atomic mass is 10.1. The maximum absolute atomic E-state index is 12.8. The van der Waals surface area contributed by atoms with Crippen molar-refractivity contribution in [1.29, 1.82) is 0 Å². The molecule has 3 aromatic rings. The summed E-state index contributed by atoms with van der Waals surface area (Å²) in [6.07, 6.45) is 0. The number of hydrogen-bond acceptors (Lipinski definition) is 9. The van der Waals surface area contributed by atoms with Gasteiger partial charge >= 0.3 is 11.9 Å². The largest absolute Gasteiger partial charge is 0.462 e. The number of thiophene rings is 1. The molecule has 0 radical (unpaired) electrons. The third-order valence-electron chi connectivity index (χ3n) is 5.09. The molecule has 0 atom stereocenters. The molecule has 0 saturated heterocycles. The fourth-order valence-electron chi connectivity index (χ4n) is 3.44. The molecule has 0 fully saturated rings. The second-order valence-electron chi connectivity index (χ2n) is 7.40. The van der Waals surface area contributed by atoms with Crippen molar-refractivity contribution in [1.82, 2.24) is 14.8 Å². The Morgan fingerprint density at radius 2 is 1.71 bits per heavy atom. The SMILES string of the molecule is CCOC(=O)c1sc(NC(=O)CSc2nnc(-c3ccccc3C)n2CC)c(C(=O)OCC)c1C. The van der Waals surface area contributed by atoms with Gasteiger partial charge in [0.2, 0.25) is 5.91 Å². The first-order valence-electron chi connectivity index (χ1n) is 11.2. The molecule has 0 spiro atoms. The van der Waals surface area contributed by atoms with Crippen LogP contribution < -0.4 is 5.32 Å². The van der Waals surface area contributed by atoms with Crippen LogP contribution in [0.25, 0.3) is 11.4 Å².